The van der Waals surface area contributed by atoms with Crippen molar-refractivity contribution < 1.29 is 19.1 Å². The average molecular weight is 258 g/mol. The summed E-state index contributed by atoms with van der Waals surface area (Å²) in [5.74, 6) is -0.504. The molecule has 0 radical (unpaired) electrons. The maximum absolute atomic E-state index is 11.8. The molecule has 0 aliphatic carbocycles. The lowest BCUT2D eigenvalue weighted by Crippen LogP contribution is -2.41. The van der Waals surface area contributed by atoms with Crippen LogP contribution in [0.3, 0.4) is 0 Å². The van der Waals surface area contributed by atoms with E-state index in [0.29, 0.717) is 19.5 Å². The van der Waals surface area contributed by atoms with E-state index in [0.717, 1.165) is 0 Å². The number of amides is 1. The van der Waals surface area contributed by atoms with Crippen LogP contribution in [0.25, 0.3) is 0 Å². The van der Waals surface area contributed by atoms with Crippen molar-refractivity contribution in [2.24, 2.45) is 11.7 Å². The molecule has 0 aromatic heterocycles. The highest BCUT2D eigenvalue weighted by Gasteiger charge is 2.35. The molecule has 6 heteroatoms. The van der Waals surface area contributed by atoms with Gasteiger partial charge >= 0.3 is 12.1 Å². The number of hydrogen-bond acceptors (Lipinski definition) is 5. The van der Waals surface area contributed by atoms with Crippen molar-refractivity contribution in [1.82, 2.24) is 4.90 Å². The number of nitrogens with two attached hydrogens (primary N) is 1. The first-order valence-corrected chi connectivity index (χ1v) is 6.06. The lowest BCUT2D eigenvalue weighted by atomic mass is 10.0. The summed E-state index contributed by atoms with van der Waals surface area (Å²) in [5, 5.41) is 0. The van der Waals surface area contributed by atoms with Crippen LogP contribution in [-0.2, 0) is 14.3 Å². The third-order valence-electron chi connectivity index (χ3n) is 2.86. The fourth-order valence-corrected chi connectivity index (χ4v) is 1.90. The zero-order valence-electron chi connectivity index (χ0n) is 11.4. The first-order chi connectivity index (χ1) is 8.24. The maximum Gasteiger partial charge on any atom is 0.410 e. The molecule has 0 saturated carbocycles. The van der Waals surface area contributed by atoms with Gasteiger partial charge in [-0.05, 0) is 27.2 Å². The molecule has 1 fully saturated rings. The van der Waals surface area contributed by atoms with Gasteiger partial charge in [-0.3, -0.25) is 4.79 Å². The predicted octanol–water partition coefficient (Wildman–Crippen LogP) is 0.744. The molecule has 6 nitrogen and oxygen atoms in total. The molecule has 1 amide bonds. The van der Waals surface area contributed by atoms with Gasteiger partial charge in [-0.25, -0.2) is 4.79 Å². The monoisotopic (exact) mass is 258 g/mol. The van der Waals surface area contributed by atoms with Crippen molar-refractivity contribution in [3.05, 3.63) is 0 Å². The summed E-state index contributed by atoms with van der Waals surface area (Å²) in [5.41, 5.74) is 5.26. The van der Waals surface area contributed by atoms with E-state index in [4.69, 9.17) is 10.5 Å². The topological polar surface area (TPSA) is 81.9 Å². The van der Waals surface area contributed by atoms with E-state index < -0.39 is 17.6 Å². The van der Waals surface area contributed by atoms with E-state index in [1.165, 1.54) is 7.11 Å². The van der Waals surface area contributed by atoms with Crippen LogP contribution >= 0.6 is 0 Å². The first kappa shape index (κ1) is 14.8. The van der Waals surface area contributed by atoms with Gasteiger partial charge < -0.3 is 20.1 Å². The standard InChI is InChI=1S/C12H22N2O4/c1-12(2,3)18-11(16)14-6-5-8(7-14)9(13)10(15)17-4/h8-9H,5-7,13H2,1-4H3/t8-,9+/m1/s1. The Labute approximate surface area is 107 Å². The highest BCUT2D eigenvalue weighted by molar-refractivity contribution is 5.76. The molecule has 104 valence electrons. The van der Waals surface area contributed by atoms with Gasteiger partial charge in [-0.1, -0.05) is 0 Å². The van der Waals surface area contributed by atoms with Gasteiger partial charge in [0.25, 0.3) is 0 Å². The van der Waals surface area contributed by atoms with Crippen LogP contribution in [0.1, 0.15) is 27.2 Å². The number of likely N-dealkylation sites (tertiary alicyclic amines) is 1. The Balaban J connectivity index is 2.51. The quantitative estimate of drug-likeness (QED) is 0.739. The van der Waals surface area contributed by atoms with Gasteiger partial charge in [0.05, 0.1) is 7.11 Å². The summed E-state index contributed by atoms with van der Waals surface area (Å²) in [7, 11) is 1.31. The molecule has 0 unspecified atom stereocenters. The van der Waals surface area contributed by atoms with Crippen LogP contribution in [0.15, 0.2) is 0 Å². The lowest BCUT2D eigenvalue weighted by Gasteiger charge is -2.24. The lowest BCUT2D eigenvalue weighted by molar-refractivity contribution is -0.143. The second-order valence-corrected chi connectivity index (χ2v) is 5.52. The molecule has 18 heavy (non-hydrogen) atoms. The molecule has 2 atom stereocenters. The average Bonchev–Trinajstić information content (AvgIpc) is 2.73. The Kier molecular flexibility index (Phi) is 4.56. The highest BCUT2D eigenvalue weighted by atomic mass is 16.6. The SMILES string of the molecule is COC(=O)[C@@H](N)[C@@H]1CCN(C(=O)OC(C)(C)C)C1. The zero-order valence-corrected chi connectivity index (χ0v) is 11.4. The Morgan fingerprint density at radius 2 is 2.00 bits per heavy atom. The molecule has 2 N–H and O–H groups in total. The molecule has 1 rings (SSSR count). The Morgan fingerprint density at radius 3 is 2.50 bits per heavy atom. The maximum atomic E-state index is 11.8. The normalized spacial score (nSPS) is 21.6. The molecule has 1 heterocycles. The van der Waals surface area contributed by atoms with Crippen LogP contribution < -0.4 is 5.73 Å². The van der Waals surface area contributed by atoms with Gasteiger partial charge in [-0.15, -0.1) is 0 Å². The Morgan fingerprint density at radius 1 is 1.39 bits per heavy atom. The van der Waals surface area contributed by atoms with Gasteiger partial charge in [0.15, 0.2) is 0 Å². The van der Waals surface area contributed by atoms with E-state index in [9.17, 15) is 9.59 Å². The van der Waals surface area contributed by atoms with Crippen LogP contribution in [0, 0.1) is 5.92 Å². The molecule has 0 bridgehead atoms. The van der Waals surface area contributed by atoms with Crippen LogP contribution in [0.5, 0.6) is 0 Å². The molecule has 1 aliphatic rings. The highest BCUT2D eigenvalue weighted by Crippen LogP contribution is 2.21. The van der Waals surface area contributed by atoms with Crippen molar-refractivity contribution >= 4 is 12.1 Å². The van der Waals surface area contributed by atoms with Gasteiger partial charge in [0, 0.05) is 19.0 Å². The molecule has 1 saturated heterocycles. The Bertz CT molecular complexity index is 325. The molecule has 1 aliphatic heterocycles. The van der Waals surface area contributed by atoms with Crippen molar-refractivity contribution in [3.63, 3.8) is 0 Å². The molecular weight excluding hydrogens is 236 g/mol. The van der Waals surface area contributed by atoms with E-state index >= 15 is 0 Å². The Hall–Kier alpha value is -1.30. The summed E-state index contributed by atoms with van der Waals surface area (Å²) < 4.78 is 9.87. The number of carbonyl (C=O) groups is 2. The van der Waals surface area contributed by atoms with E-state index in [1.54, 1.807) is 4.90 Å². The summed E-state index contributed by atoms with van der Waals surface area (Å²) >= 11 is 0. The van der Waals surface area contributed by atoms with Gasteiger partial charge in [-0.2, -0.15) is 0 Å². The summed E-state index contributed by atoms with van der Waals surface area (Å²) in [6.45, 7) is 6.45. The predicted molar refractivity (Wildman–Crippen MR) is 65.9 cm³/mol. The smallest absolute Gasteiger partial charge is 0.410 e. The largest absolute Gasteiger partial charge is 0.468 e. The summed E-state index contributed by atoms with van der Waals surface area (Å²) in [6, 6.07) is -0.678. The molecular formula is C12H22N2O4. The van der Waals surface area contributed by atoms with E-state index in [2.05, 4.69) is 4.74 Å². The third-order valence-corrected chi connectivity index (χ3v) is 2.86. The van der Waals surface area contributed by atoms with E-state index in [-0.39, 0.29) is 12.0 Å². The second-order valence-electron chi connectivity index (χ2n) is 5.52. The zero-order chi connectivity index (χ0) is 13.9. The van der Waals surface area contributed by atoms with Gasteiger partial charge in [0.1, 0.15) is 11.6 Å². The summed E-state index contributed by atoms with van der Waals surface area (Å²) in [4.78, 5) is 24.7. The number of methoxy groups -OCH3 is 1. The van der Waals surface area contributed by atoms with Gasteiger partial charge in [0.2, 0.25) is 0 Å². The number of carbonyl (C=O) groups excluding carboxylic acids is 2. The number of nitrogens with zero attached hydrogens (tertiary/aromatic N) is 1. The fraction of sp³-hybridized carbons (Fsp3) is 0.833. The third kappa shape index (κ3) is 3.87. The van der Waals surface area contributed by atoms with Crippen molar-refractivity contribution in [1.29, 1.82) is 0 Å². The number of esters is 1. The minimum atomic E-state index is -0.678. The fourth-order valence-electron chi connectivity index (χ4n) is 1.90. The van der Waals surface area contributed by atoms with Crippen LogP contribution in [0.4, 0.5) is 4.79 Å². The van der Waals surface area contributed by atoms with Crippen LogP contribution in [0.2, 0.25) is 0 Å². The second kappa shape index (κ2) is 5.56. The molecule has 0 aromatic rings. The van der Waals surface area contributed by atoms with Crippen molar-refractivity contribution in [3.8, 4) is 0 Å². The minimum absolute atomic E-state index is 0.0648. The molecule has 0 aromatic carbocycles. The van der Waals surface area contributed by atoms with E-state index in [1.807, 2.05) is 20.8 Å². The first-order valence-electron chi connectivity index (χ1n) is 6.06. The minimum Gasteiger partial charge on any atom is -0.468 e. The van der Waals surface area contributed by atoms with Crippen molar-refractivity contribution in [2.45, 2.75) is 38.8 Å². The number of hydrogen-bond donors (Lipinski definition) is 1. The van der Waals surface area contributed by atoms with Crippen LogP contribution in [-0.4, -0.2) is 48.8 Å². The van der Waals surface area contributed by atoms with Crippen molar-refractivity contribution in [2.75, 3.05) is 20.2 Å². The number of rotatable bonds is 2. The summed E-state index contributed by atoms with van der Waals surface area (Å²) in [6.07, 6.45) is 0.331. The molecule has 0 spiro atoms. The number of ether oxygens (including phenoxy) is 2.